The van der Waals surface area contributed by atoms with Gasteiger partial charge in [0.2, 0.25) is 5.91 Å². The number of nitrogens with one attached hydrogen (secondary N) is 2. The minimum atomic E-state index is -0.438. The third-order valence-corrected chi connectivity index (χ3v) is 7.61. The Morgan fingerprint density at radius 1 is 1.10 bits per heavy atom. The molecule has 9 nitrogen and oxygen atoms in total. The molecule has 1 aromatic rings. The molecule has 3 amide bonds. The smallest absolute Gasteiger partial charge is 0.311 e. The summed E-state index contributed by atoms with van der Waals surface area (Å²) in [7, 11) is 3.22. The van der Waals surface area contributed by atoms with Crippen LogP contribution in [0.25, 0.3) is 0 Å². The Kier molecular flexibility index (Phi) is 5.50. The molecule has 2 N–H and O–H groups in total. The average molecular weight is 420 g/mol. The Bertz CT molecular complexity index is 813. The highest BCUT2D eigenvalue weighted by Gasteiger charge is 2.51. The highest BCUT2D eigenvalue weighted by Crippen LogP contribution is 2.40. The molecule has 1 aromatic carbocycles. The van der Waals surface area contributed by atoms with Gasteiger partial charge in [-0.2, -0.15) is 0 Å². The Morgan fingerprint density at radius 2 is 1.76 bits per heavy atom. The number of non-ortho nitro benzene ring substituents is 1. The molecule has 0 bridgehead atoms. The van der Waals surface area contributed by atoms with Crippen LogP contribution in [-0.4, -0.2) is 57.5 Å². The van der Waals surface area contributed by atoms with Gasteiger partial charge in [-0.15, -0.1) is 11.8 Å². The maximum absolute atomic E-state index is 13.0. The van der Waals surface area contributed by atoms with Crippen LogP contribution in [0.5, 0.6) is 0 Å². The van der Waals surface area contributed by atoms with Crippen molar-refractivity contribution in [1.82, 2.24) is 20.4 Å². The van der Waals surface area contributed by atoms with Gasteiger partial charge in [-0.1, -0.05) is 12.8 Å². The van der Waals surface area contributed by atoms with E-state index in [4.69, 9.17) is 0 Å². The number of carbonyl (C=O) groups excluding carboxylic acids is 2. The fourth-order valence-corrected chi connectivity index (χ4v) is 6.05. The number of hydrogen-bond acceptors (Lipinski definition) is 7. The van der Waals surface area contributed by atoms with Gasteiger partial charge in [0.15, 0.2) is 0 Å². The SMILES string of the molecule is CN1C(=O)C2C(SC3CCCC3)NC(c3ccc([N+](=O)[O-])cc3)NC2N(C)C1=O. The van der Waals surface area contributed by atoms with Crippen LogP contribution in [-0.2, 0) is 4.79 Å². The van der Waals surface area contributed by atoms with Crippen LogP contribution in [0.3, 0.4) is 0 Å². The van der Waals surface area contributed by atoms with E-state index in [1.54, 1.807) is 35.8 Å². The second-order valence-electron chi connectivity index (χ2n) is 7.84. The van der Waals surface area contributed by atoms with Crippen molar-refractivity contribution in [2.24, 2.45) is 5.92 Å². The summed E-state index contributed by atoms with van der Waals surface area (Å²) in [6, 6.07) is 6.02. The van der Waals surface area contributed by atoms with Crippen molar-refractivity contribution >= 4 is 29.4 Å². The molecule has 0 spiro atoms. The lowest BCUT2D eigenvalue weighted by atomic mass is 9.96. The van der Waals surface area contributed by atoms with Crippen LogP contribution in [0.4, 0.5) is 10.5 Å². The molecular formula is C19H25N5O4S. The zero-order chi connectivity index (χ0) is 20.7. The van der Waals surface area contributed by atoms with Crippen LogP contribution in [0, 0.1) is 16.0 Å². The number of nitro benzene ring substituents is 1. The number of carbonyl (C=O) groups is 2. The minimum Gasteiger partial charge on any atom is -0.311 e. The zero-order valence-corrected chi connectivity index (χ0v) is 17.2. The quantitative estimate of drug-likeness (QED) is 0.569. The van der Waals surface area contributed by atoms with Gasteiger partial charge < -0.3 is 4.90 Å². The number of imide groups is 1. The van der Waals surface area contributed by atoms with Crippen LogP contribution < -0.4 is 10.6 Å². The van der Waals surface area contributed by atoms with E-state index in [2.05, 4.69) is 10.6 Å². The van der Waals surface area contributed by atoms with Crippen LogP contribution in [0.2, 0.25) is 0 Å². The lowest BCUT2D eigenvalue weighted by Gasteiger charge is -2.50. The lowest BCUT2D eigenvalue weighted by Crippen LogP contribution is -2.72. The van der Waals surface area contributed by atoms with Crippen molar-refractivity contribution in [1.29, 1.82) is 0 Å². The number of benzene rings is 1. The first-order chi connectivity index (χ1) is 13.9. The van der Waals surface area contributed by atoms with Crippen molar-refractivity contribution in [2.45, 2.75) is 48.6 Å². The van der Waals surface area contributed by atoms with Gasteiger partial charge >= 0.3 is 6.03 Å². The van der Waals surface area contributed by atoms with Gasteiger partial charge in [-0.25, -0.2) is 4.79 Å². The monoisotopic (exact) mass is 419 g/mol. The van der Waals surface area contributed by atoms with Crippen molar-refractivity contribution < 1.29 is 14.5 Å². The summed E-state index contributed by atoms with van der Waals surface area (Å²) in [5, 5.41) is 18.2. The normalized spacial score (nSPS) is 30.6. The van der Waals surface area contributed by atoms with Crippen molar-refractivity contribution in [3.63, 3.8) is 0 Å². The van der Waals surface area contributed by atoms with Crippen LogP contribution in [0.15, 0.2) is 24.3 Å². The highest BCUT2D eigenvalue weighted by atomic mass is 32.2. The first-order valence-electron chi connectivity index (χ1n) is 9.83. The van der Waals surface area contributed by atoms with E-state index in [9.17, 15) is 19.7 Å². The number of thioether (sulfide) groups is 1. The number of hydrogen-bond donors (Lipinski definition) is 2. The summed E-state index contributed by atoms with van der Waals surface area (Å²) < 4.78 is 0. The largest absolute Gasteiger partial charge is 0.327 e. The summed E-state index contributed by atoms with van der Waals surface area (Å²) >= 11 is 1.78. The number of urea groups is 1. The molecule has 4 atom stereocenters. The number of nitrogens with zero attached hydrogens (tertiary/aromatic N) is 3. The number of nitro groups is 1. The van der Waals surface area contributed by atoms with Crippen molar-refractivity contribution in [2.75, 3.05) is 14.1 Å². The Hall–Kier alpha value is -2.17. The number of rotatable bonds is 4. The van der Waals surface area contributed by atoms with Gasteiger partial charge in [-0.3, -0.25) is 30.4 Å². The molecule has 0 aromatic heterocycles. The highest BCUT2D eigenvalue weighted by molar-refractivity contribution is 8.00. The molecule has 156 valence electrons. The molecule has 3 fully saturated rings. The van der Waals surface area contributed by atoms with E-state index in [0.717, 1.165) is 18.4 Å². The van der Waals surface area contributed by atoms with Crippen molar-refractivity contribution in [3.8, 4) is 0 Å². The third kappa shape index (κ3) is 3.72. The van der Waals surface area contributed by atoms with Crippen LogP contribution >= 0.6 is 11.8 Å². The zero-order valence-electron chi connectivity index (χ0n) is 16.4. The lowest BCUT2D eigenvalue weighted by molar-refractivity contribution is -0.384. The van der Waals surface area contributed by atoms with E-state index >= 15 is 0 Å². The molecule has 1 aliphatic carbocycles. The fourth-order valence-electron chi connectivity index (χ4n) is 4.38. The summed E-state index contributed by atoms with van der Waals surface area (Å²) in [6.45, 7) is 0. The summed E-state index contributed by atoms with van der Waals surface area (Å²) in [5.74, 6) is -0.585. The van der Waals surface area contributed by atoms with Gasteiger partial charge in [0.1, 0.15) is 0 Å². The van der Waals surface area contributed by atoms with Crippen molar-refractivity contribution in [3.05, 3.63) is 39.9 Å². The molecular weight excluding hydrogens is 394 g/mol. The maximum atomic E-state index is 13.0. The van der Waals surface area contributed by atoms with E-state index in [-0.39, 0.29) is 29.2 Å². The minimum absolute atomic E-state index is 0.0288. The molecule has 4 rings (SSSR count). The van der Waals surface area contributed by atoms with E-state index in [0.29, 0.717) is 5.25 Å². The Morgan fingerprint density at radius 3 is 2.38 bits per heavy atom. The van der Waals surface area contributed by atoms with Gasteiger partial charge in [-0.05, 0) is 30.5 Å². The topological polar surface area (TPSA) is 108 Å². The van der Waals surface area contributed by atoms with Gasteiger partial charge in [0.05, 0.1) is 28.5 Å². The summed E-state index contributed by atoms with van der Waals surface area (Å²) in [6.07, 6.45) is 3.92. The fraction of sp³-hybridized carbons (Fsp3) is 0.579. The van der Waals surface area contributed by atoms with Gasteiger partial charge in [0.25, 0.3) is 5.69 Å². The second-order valence-corrected chi connectivity index (χ2v) is 9.29. The predicted molar refractivity (Wildman–Crippen MR) is 109 cm³/mol. The standard InChI is InChI=1S/C19H25N5O4S/c1-22-16-14(18(25)23(2)19(22)26)17(29-13-5-3-4-6-13)21-15(20-16)11-7-9-12(10-8-11)24(27)28/h7-10,13-17,20-21H,3-6H2,1-2H3. The first kappa shape index (κ1) is 20.1. The Balaban J connectivity index is 1.63. The second kappa shape index (κ2) is 7.92. The van der Waals surface area contributed by atoms with Crippen LogP contribution in [0.1, 0.15) is 37.4 Å². The maximum Gasteiger partial charge on any atom is 0.327 e. The number of amides is 3. The van der Waals surface area contributed by atoms with Gasteiger partial charge in [0, 0.05) is 31.5 Å². The molecule has 2 saturated heterocycles. The number of fused-ring (bicyclic) bond motifs is 1. The van der Waals surface area contributed by atoms with E-state index in [1.165, 1.54) is 36.9 Å². The molecule has 2 heterocycles. The average Bonchev–Trinajstić information content (AvgIpc) is 3.23. The molecule has 10 heteroatoms. The summed E-state index contributed by atoms with van der Waals surface area (Å²) in [5.41, 5.74) is 0.861. The van der Waals surface area contributed by atoms with E-state index < -0.39 is 17.0 Å². The third-order valence-electron chi connectivity index (χ3n) is 6.03. The molecule has 3 aliphatic rings. The van der Waals surface area contributed by atoms with E-state index in [1.807, 2.05) is 0 Å². The molecule has 2 aliphatic heterocycles. The summed E-state index contributed by atoms with van der Waals surface area (Å²) in [4.78, 5) is 38.8. The molecule has 29 heavy (non-hydrogen) atoms. The molecule has 0 radical (unpaired) electrons. The Labute approximate surface area is 173 Å². The first-order valence-corrected chi connectivity index (χ1v) is 10.8. The molecule has 1 saturated carbocycles. The predicted octanol–water partition coefficient (Wildman–Crippen LogP) is 2.25. The molecule has 4 unspecified atom stereocenters.